The van der Waals surface area contributed by atoms with Crippen LogP contribution in [-0.2, 0) is 7.05 Å². The zero-order chi connectivity index (χ0) is 20.4. The van der Waals surface area contributed by atoms with E-state index in [9.17, 15) is 9.59 Å². The van der Waals surface area contributed by atoms with Gasteiger partial charge in [-0.05, 0) is 31.9 Å². The van der Waals surface area contributed by atoms with Crippen LogP contribution in [0.25, 0.3) is 11.5 Å². The van der Waals surface area contributed by atoms with E-state index in [2.05, 4.69) is 15.2 Å². The number of aryl methyl sites for hydroxylation is 1. The van der Waals surface area contributed by atoms with Crippen molar-refractivity contribution in [1.82, 2.24) is 24.8 Å². The number of rotatable bonds is 4. The summed E-state index contributed by atoms with van der Waals surface area (Å²) in [4.78, 5) is 31.1. The molecular weight excluding hydrogens is 370 g/mol. The summed E-state index contributed by atoms with van der Waals surface area (Å²) in [7, 11) is 1.82. The lowest BCUT2D eigenvalue weighted by molar-refractivity contribution is 0.0670. The summed E-state index contributed by atoms with van der Waals surface area (Å²) in [5, 5.41) is 8.30. The molecule has 0 N–H and O–H groups in total. The summed E-state index contributed by atoms with van der Waals surface area (Å²) >= 11 is 0. The molecule has 1 fully saturated rings. The fourth-order valence-electron chi connectivity index (χ4n) is 3.65. The predicted octanol–water partition coefficient (Wildman–Crippen LogP) is 3.43. The summed E-state index contributed by atoms with van der Waals surface area (Å²) < 4.78 is 7.12. The molecule has 1 aromatic carbocycles. The van der Waals surface area contributed by atoms with Gasteiger partial charge in [-0.25, -0.2) is 0 Å². The molecule has 2 aromatic heterocycles. The van der Waals surface area contributed by atoms with Crippen LogP contribution in [0.4, 0.5) is 0 Å². The van der Waals surface area contributed by atoms with Crippen molar-refractivity contribution in [2.75, 3.05) is 6.54 Å². The summed E-state index contributed by atoms with van der Waals surface area (Å²) in [6.45, 7) is 2.15. The van der Waals surface area contributed by atoms with Gasteiger partial charge in [-0.3, -0.25) is 14.3 Å². The van der Waals surface area contributed by atoms with Gasteiger partial charge in [-0.1, -0.05) is 30.1 Å². The largest absolute Gasteiger partial charge is 0.334 e. The standard InChI is InChI=1S/C21H23N5O3/c1-14(27)15-7-9-16(10-8-15)21(28)26-11-5-3-4-6-18(26)19-23-20(29-24-19)17-12-22-25(2)13-17/h7-10,12-13,18H,3-6,11H2,1-2H3. The zero-order valence-corrected chi connectivity index (χ0v) is 16.5. The number of likely N-dealkylation sites (tertiary alicyclic amines) is 1. The topological polar surface area (TPSA) is 94.1 Å². The van der Waals surface area contributed by atoms with Gasteiger partial charge >= 0.3 is 0 Å². The molecule has 0 saturated carbocycles. The average molecular weight is 393 g/mol. The third-order valence-corrected chi connectivity index (χ3v) is 5.24. The lowest BCUT2D eigenvalue weighted by atomic mass is 10.1. The molecule has 1 aliphatic rings. The van der Waals surface area contributed by atoms with Crippen LogP contribution in [-0.4, -0.2) is 43.1 Å². The van der Waals surface area contributed by atoms with E-state index in [0.29, 0.717) is 29.4 Å². The first kappa shape index (κ1) is 19.0. The summed E-state index contributed by atoms with van der Waals surface area (Å²) in [6.07, 6.45) is 7.24. The summed E-state index contributed by atoms with van der Waals surface area (Å²) in [5.41, 5.74) is 1.89. The van der Waals surface area contributed by atoms with Gasteiger partial charge in [0.1, 0.15) is 0 Å². The molecule has 1 unspecified atom stereocenters. The maximum Gasteiger partial charge on any atom is 0.261 e. The normalized spacial score (nSPS) is 17.2. The van der Waals surface area contributed by atoms with Gasteiger partial charge in [0.15, 0.2) is 11.6 Å². The number of ketones is 1. The zero-order valence-electron chi connectivity index (χ0n) is 16.5. The molecule has 0 aliphatic carbocycles. The molecule has 1 amide bonds. The molecule has 29 heavy (non-hydrogen) atoms. The molecule has 8 heteroatoms. The monoisotopic (exact) mass is 393 g/mol. The molecule has 150 valence electrons. The van der Waals surface area contributed by atoms with Gasteiger partial charge in [0.05, 0.1) is 17.8 Å². The quantitative estimate of drug-likeness (QED) is 0.630. The molecule has 1 aliphatic heterocycles. The number of amides is 1. The average Bonchev–Trinajstić information content (AvgIpc) is 3.30. The molecule has 0 radical (unpaired) electrons. The van der Waals surface area contributed by atoms with Crippen molar-refractivity contribution in [2.45, 2.75) is 38.6 Å². The molecule has 1 saturated heterocycles. The first-order valence-corrected chi connectivity index (χ1v) is 9.77. The number of carbonyl (C=O) groups excluding carboxylic acids is 2. The molecule has 4 rings (SSSR count). The second-order valence-electron chi connectivity index (χ2n) is 7.36. The van der Waals surface area contributed by atoms with E-state index in [-0.39, 0.29) is 17.7 Å². The molecule has 3 heterocycles. The highest BCUT2D eigenvalue weighted by Gasteiger charge is 2.31. The summed E-state index contributed by atoms with van der Waals surface area (Å²) in [6, 6.07) is 6.55. The van der Waals surface area contributed by atoms with E-state index in [1.807, 2.05) is 18.1 Å². The summed E-state index contributed by atoms with van der Waals surface area (Å²) in [5.74, 6) is 0.807. The van der Waals surface area contributed by atoms with Crippen LogP contribution in [0.5, 0.6) is 0 Å². The second kappa shape index (κ2) is 7.98. The molecular formula is C21H23N5O3. The van der Waals surface area contributed by atoms with Crippen LogP contribution in [0.15, 0.2) is 41.2 Å². The third-order valence-electron chi connectivity index (χ3n) is 5.24. The number of aromatic nitrogens is 4. The Hall–Kier alpha value is -3.29. The Balaban J connectivity index is 1.61. The maximum atomic E-state index is 13.2. The molecule has 8 nitrogen and oxygen atoms in total. The minimum absolute atomic E-state index is 0.0219. The van der Waals surface area contributed by atoms with Gasteiger partial charge < -0.3 is 9.42 Å². The van der Waals surface area contributed by atoms with Crippen LogP contribution in [0.2, 0.25) is 0 Å². The smallest absolute Gasteiger partial charge is 0.261 e. The maximum absolute atomic E-state index is 13.2. The number of carbonyl (C=O) groups is 2. The first-order valence-electron chi connectivity index (χ1n) is 9.77. The lowest BCUT2D eigenvalue weighted by Gasteiger charge is -2.28. The van der Waals surface area contributed by atoms with E-state index < -0.39 is 0 Å². The Morgan fingerprint density at radius 1 is 1.10 bits per heavy atom. The number of hydrogen-bond donors (Lipinski definition) is 0. The van der Waals surface area contributed by atoms with Crippen molar-refractivity contribution >= 4 is 11.7 Å². The molecule has 0 spiro atoms. The Morgan fingerprint density at radius 3 is 2.55 bits per heavy atom. The predicted molar refractivity (Wildman–Crippen MR) is 105 cm³/mol. The number of benzene rings is 1. The minimum atomic E-state index is -0.244. The van der Waals surface area contributed by atoms with Crippen molar-refractivity contribution in [3.8, 4) is 11.5 Å². The highest BCUT2D eigenvalue weighted by Crippen LogP contribution is 2.31. The van der Waals surface area contributed by atoms with E-state index in [0.717, 1.165) is 31.2 Å². The molecule has 0 bridgehead atoms. The van der Waals surface area contributed by atoms with Gasteiger partial charge in [-0.2, -0.15) is 10.1 Å². The van der Waals surface area contributed by atoms with Crippen molar-refractivity contribution in [3.05, 3.63) is 53.6 Å². The first-order chi connectivity index (χ1) is 14.0. The Morgan fingerprint density at radius 2 is 1.86 bits per heavy atom. The highest BCUT2D eigenvalue weighted by molar-refractivity contribution is 5.97. The van der Waals surface area contributed by atoms with Crippen molar-refractivity contribution in [3.63, 3.8) is 0 Å². The van der Waals surface area contributed by atoms with Crippen LogP contribution in [0, 0.1) is 0 Å². The van der Waals surface area contributed by atoms with E-state index >= 15 is 0 Å². The van der Waals surface area contributed by atoms with Crippen molar-refractivity contribution < 1.29 is 14.1 Å². The molecule has 1 atom stereocenters. The van der Waals surface area contributed by atoms with Crippen LogP contribution in [0.1, 0.15) is 65.2 Å². The van der Waals surface area contributed by atoms with Crippen LogP contribution in [0.3, 0.4) is 0 Å². The van der Waals surface area contributed by atoms with Crippen molar-refractivity contribution in [1.29, 1.82) is 0 Å². The fourth-order valence-corrected chi connectivity index (χ4v) is 3.65. The van der Waals surface area contributed by atoms with E-state index in [1.54, 1.807) is 35.1 Å². The second-order valence-corrected chi connectivity index (χ2v) is 7.36. The van der Waals surface area contributed by atoms with Crippen molar-refractivity contribution in [2.24, 2.45) is 7.05 Å². The third kappa shape index (κ3) is 3.96. The van der Waals surface area contributed by atoms with E-state index in [1.165, 1.54) is 6.92 Å². The number of nitrogens with zero attached hydrogens (tertiary/aromatic N) is 5. The SMILES string of the molecule is CC(=O)c1ccc(C(=O)N2CCCCCC2c2noc(-c3cnn(C)c3)n2)cc1. The Bertz CT molecular complexity index is 1020. The highest BCUT2D eigenvalue weighted by atomic mass is 16.5. The number of Topliss-reactive ketones (excluding diaryl/α,β-unsaturated/α-hetero) is 1. The van der Waals surface area contributed by atoms with Gasteiger partial charge in [0.25, 0.3) is 11.8 Å². The van der Waals surface area contributed by atoms with Gasteiger partial charge in [-0.15, -0.1) is 0 Å². The van der Waals surface area contributed by atoms with E-state index in [4.69, 9.17) is 4.52 Å². The molecule has 3 aromatic rings. The Kier molecular flexibility index (Phi) is 5.24. The number of hydrogen-bond acceptors (Lipinski definition) is 6. The van der Waals surface area contributed by atoms with Crippen LogP contribution < -0.4 is 0 Å². The minimum Gasteiger partial charge on any atom is -0.334 e. The lowest BCUT2D eigenvalue weighted by Crippen LogP contribution is -2.35. The Labute approximate surface area is 168 Å². The van der Waals surface area contributed by atoms with Crippen LogP contribution >= 0.6 is 0 Å². The van der Waals surface area contributed by atoms with Gasteiger partial charge in [0, 0.05) is 30.9 Å². The van der Waals surface area contributed by atoms with Gasteiger partial charge in [0.2, 0.25) is 0 Å². The fraction of sp³-hybridized carbons (Fsp3) is 0.381.